The molecular weight excluding hydrogens is 226 g/mol. The second-order valence-electron chi connectivity index (χ2n) is 4.18. The highest BCUT2D eigenvalue weighted by Crippen LogP contribution is 2.20. The van der Waals surface area contributed by atoms with Crippen molar-refractivity contribution in [3.05, 3.63) is 53.3 Å². The maximum Gasteiger partial charge on any atom is 0.257 e. The molecular formula is C14H15N3O. The van der Waals surface area contributed by atoms with Gasteiger partial charge in [0.25, 0.3) is 5.91 Å². The number of hydrogen-bond donors (Lipinski definition) is 2. The van der Waals surface area contributed by atoms with Crippen molar-refractivity contribution in [3.63, 3.8) is 0 Å². The van der Waals surface area contributed by atoms with Gasteiger partial charge in [-0.05, 0) is 43.7 Å². The molecule has 0 aliphatic heterocycles. The summed E-state index contributed by atoms with van der Waals surface area (Å²) in [5.41, 5.74) is 9.30. The van der Waals surface area contributed by atoms with Crippen molar-refractivity contribution < 1.29 is 4.79 Å². The summed E-state index contributed by atoms with van der Waals surface area (Å²) in [6, 6.07) is 9.01. The quantitative estimate of drug-likeness (QED) is 0.794. The van der Waals surface area contributed by atoms with E-state index in [4.69, 9.17) is 5.73 Å². The van der Waals surface area contributed by atoms with Crippen LogP contribution in [0.15, 0.2) is 36.5 Å². The van der Waals surface area contributed by atoms with Gasteiger partial charge < -0.3 is 11.1 Å². The van der Waals surface area contributed by atoms with Gasteiger partial charge in [0, 0.05) is 11.9 Å². The number of pyridine rings is 1. The monoisotopic (exact) mass is 241 g/mol. The first-order valence-electron chi connectivity index (χ1n) is 5.67. The summed E-state index contributed by atoms with van der Waals surface area (Å²) >= 11 is 0. The van der Waals surface area contributed by atoms with Crippen LogP contribution in [0.25, 0.3) is 0 Å². The van der Waals surface area contributed by atoms with Gasteiger partial charge in [0.1, 0.15) is 0 Å². The Morgan fingerprint density at radius 1 is 1.28 bits per heavy atom. The van der Waals surface area contributed by atoms with E-state index in [9.17, 15) is 4.79 Å². The third kappa shape index (κ3) is 2.48. The number of aromatic nitrogens is 1. The van der Waals surface area contributed by atoms with E-state index < -0.39 is 0 Å². The Bertz CT molecular complexity index is 593. The predicted molar refractivity (Wildman–Crippen MR) is 72.5 cm³/mol. The van der Waals surface area contributed by atoms with E-state index in [-0.39, 0.29) is 5.91 Å². The van der Waals surface area contributed by atoms with Gasteiger partial charge in [-0.3, -0.25) is 9.78 Å². The van der Waals surface area contributed by atoms with Gasteiger partial charge in [0.15, 0.2) is 0 Å². The van der Waals surface area contributed by atoms with Crippen LogP contribution >= 0.6 is 0 Å². The van der Waals surface area contributed by atoms with Crippen molar-refractivity contribution in [1.82, 2.24) is 4.98 Å². The fraction of sp³-hybridized carbons (Fsp3) is 0.143. The Hall–Kier alpha value is -2.36. The molecule has 0 bridgehead atoms. The van der Waals surface area contributed by atoms with Crippen molar-refractivity contribution in [2.75, 3.05) is 11.1 Å². The number of rotatable bonds is 2. The Kier molecular flexibility index (Phi) is 3.28. The standard InChI is InChI=1S/C14H15N3O/c1-9-5-6-12(15)13(8-9)17-14(18)11-4-3-7-16-10(11)2/h3-8H,15H2,1-2H3,(H,17,18). The van der Waals surface area contributed by atoms with Gasteiger partial charge in [-0.25, -0.2) is 0 Å². The number of carbonyl (C=O) groups excluding carboxylic acids is 1. The number of anilines is 2. The van der Waals surface area contributed by atoms with Crippen molar-refractivity contribution in [1.29, 1.82) is 0 Å². The molecule has 0 fully saturated rings. The summed E-state index contributed by atoms with van der Waals surface area (Å²) in [5, 5.41) is 2.80. The van der Waals surface area contributed by atoms with E-state index in [2.05, 4.69) is 10.3 Å². The molecule has 2 aromatic rings. The number of nitrogen functional groups attached to an aromatic ring is 1. The minimum absolute atomic E-state index is 0.196. The molecule has 0 aliphatic rings. The molecule has 0 saturated heterocycles. The molecule has 0 saturated carbocycles. The minimum Gasteiger partial charge on any atom is -0.397 e. The summed E-state index contributed by atoms with van der Waals surface area (Å²) in [6.45, 7) is 3.75. The lowest BCUT2D eigenvalue weighted by Gasteiger charge is -2.10. The van der Waals surface area contributed by atoms with Crippen molar-refractivity contribution >= 4 is 17.3 Å². The second kappa shape index (κ2) is 4.87. The zero-order valence-corrected chi connectivity index (χ0v) is 10.4. The fourth-order valence-corrected chi connectivity index (χ4v) is 1.69. The summed E-state index contributed by atoms with van der Waals surface area (Å²) in [6.07, 6.45) is 1.66. The molecule has 1 aromatic carbocycles. The summed E-state index contributed by atoms with van der Waals surface area (Å²) < 4.78 is 0. The zero-order valence-electron chi connectivity index (χ0n) is 10.4. The third-order valence-corrected chi connectivity index (χ3v) is 2.71. The lowest BCUT2D eigenvalue weighted by atomic mass is 10.1. The molecule has 92 valence electrons. The van der Waals surface area contributed by atoms with Gasteiger partial charge in [-0.1, -0.05) is 6.07 Å². The van der Waals surface area contributed by atoms with Crippen LogP contribution in [0.5, 0.6) is 0 Å². The SMILES string of the molecule is Cc1ccc(N)c(NC(=O)c2cccnc2C)c1. The fourth-order valence-electron chi connectivity index (χ4n) is 1.69. The average Bonchev–Trinajstić information content (AvgIpc) is 2.34. The number of nitrogens with one attached hydrogen (secondary N) is 1. The molecule has 1 amide bonds. The maximum absolute atomic E-state index is 12.1. The van der Waals surface area contributed by atoms with Gasteiger partial charge in [0.2, 0.25) is 0 Å². The molecule has 1 heterocycles. The van der Waals surface area contributed by atoms with Crippen LogP contribution in [0.3, 0.4) is 0 Å². The van der Waals surface area contributed by atoms with Gasteiger partial charge in [0.05, 0.1) is 16.9 Å². The van der Waals surface area contributed by atoms with E-state index in [0.717, 1.165) is 5.56 Å². The molecule has 0 unspecified atom stereocenters. The largest absolute Gasteiger partial charge is 0.397 e. The number of hydrogen-bond acceptors (Lipinski definition) is 3. The Morgan fingerprint density at radius 3 is 2.78 bits per heavy atom. The number of carbonyl (C=O) groups is 1. The second-order valence-corrected chi connectivity index (χ2v) is 4.18. The summed E-state index contributed by atoms with van der Waals surface area (Å²) in [5.74, 6) is -0.196. The highest BCUT2D eigenvalue weighted by atomic mass is 16.1. The lowest BCUT2D eigenvalue weighted by Crippen LogP contribution is -2.15. The van der Waals surface area contributed by atoms with Crippen LogP contribution in [0.1, 0.15) is 21.6 Å². The molecule has 0 aliphatic carbocycles. The number of nitrogens with zero attached hydrogens (tertiary/aromatic N) is 1. The van der Waals surface area contributed by atoms with Crippen LogP contribution in [-0.4, -0.2) is 10.9 Å². The van der Waals surface area contributed by atoms with E-state index in [1.165, 1.54) is 0 Å². The topological polar surface area (TPSA) is 68.0 Å². The van der Waals surface area contributed by atoms with Gasteiger partial charge in [-0.2, -0.15) is 0 Å². The molecule has 4 heteroatoms. The number of aryl methyl sites for hydroxylation is 2. The lowest BCUT2D eigenvalue weighted by molar-refractivity contribution is 0.102. The molecule has 4 nitrogen and oxygen atoms in total. The Labute approximate surface area is 106 Å². The smallest absolute Gasteiger partial charge is 0.257 e. The molecule has 0 atom stereocenters. The average molecular weight is 241 g/mol. The molecule has 3 N–H and O–H groups in total. The first kappa shape index (κ1) is 12.1. The Morgan fingerprint density at radius 2 is 2.06 bits per heavy atom. The summed E-state index contributed by atoms with van der Waals surface area (Å²) in [4.78, 5) is 16.2. The van der Waals surface area contributed by atoms with Crippen molar-refractivity contribution in [2.45, 2.75) is 13.8 Å². The third-order valence-electron chi connectivity index (χ3n) is 2.71. The van der Waals surface area contributed by atoms with Crippen LogP contribution in [-0.2, 0) is 0 Å². The molecule has 2 rings (SSSR count). The molecule has 1 aromatic heterocycles. The van der Waals surface area contributed by atoms with Crippen LogP contribution < -0.4 is 11.1 Å². The van der Waals surface area contributed by atoms with Crippen molar-refractivity contribution in [3.8, 4) is 0 Å². The first-order chi connectivity index (χ1) is 8.58. The van der Waals surface area contributed by atoms with Crippen LogP contribution in [0, 0.1) is 13.8 Å². The highest BCUT2D eigenvalue weighted by Gasteiger charge is 2.10. The number of benzene rings is 1. The van der Waals surface area contributed by atoms with Crippen LogP contribution in [0.2, 0.25) is 0 Å². The molecule has 0 radical (unpaired) electrons. The summed E-state index contributed by atoms with van der Waals surface area (Å²) in [7, 11) is 0. The number of nitrogens with two attached hydrogens (primary N) is 1. The maximum atomic E-state index is 12.1. The van der Waals surface area contributed by atoms with E-state index >= 15 is 0 Å². The zero-order chi connectivity index (χ0) is 13.1. The number of amides is 1. The van der Waals surface area contributed by atoms with Gasteiger partial charge >= 0.3 is 0 Å². The molecule has 0 spiro atoms. The first-order valence-corrected chi connectivity index (χ1v) is 5.67. The minimum atomic E-state index is -0.196. The predicted octanol–water partition coefficient (Wildman–Crippen LogP) is 2.53. The van der Waals surface area contributed by atoms with Crippen LogP contribution in [0.4, 0.5) is 11.4 Å². The van der Waals surface area contributed by atoms with Gasteiger partial charge in [-0.15, -0.1) is 0 Å². The van der Waals surface area contributed by atoms with E-state index in [0.29, 0.717) is 22.6 Å². The van der Waals surface area contributed by atoms with E-state index in [1.54, 1.807) is 31.3 Å². The highest BCUT2D eigenvalue weighted by molar-refractivity contribution is 6.06. The molecule has 18 heavy (non-hydrogen) atoms. The van der Waals surface area contributed by atoms with E-state index in [1.807, 2.05) is 19.1 Å². The van der Waals surface area contributed by atoms with Crippen molar-refractivity contribution in [2.24, 2.45) is 0 Å². The normalized spacial score (nSPS) is 10.1. The Balaban J connectivity index is 2.27.